The number of rotatable bonds is 5. The summed E-state index contributed by atoms with van der Waals surface area (Å²) in [5.74, 6) is 1.05. The van der Waals surface area contributed by atoms with Crippen molar-refractivity contribution in [2.45, 2.75) is 6.54 Å². The molecule has 0 saturated carbocycles. The number of benzene rings is 2. The van der Waals surface area contributed by atoms with Gasteiger partial charge in [0.15, 0.2) is 0 Å². The number of halogens is 1. The number of hydrogen-bond acceptors (Lipinski definition) is 5. The third kappa shape index (κ3) is 3.50. The topological polar surface area (TPSA) is 87.6 Å². The Balaban J connectivity index is 2.45. The van der Waals surface area contributed by atoms with Crippen LogP contribution in [0, 0.1) is 10.1 Å². The minimum absolute atomic E-state index is 0.108. The molecule has 21 heavy (non-hydrogen) atoms. The van der Waals surface area contributed by atoms with Gasteiger partial charge >= 0.3 is 5.69 Å². The lowest BCUT2D eigenvalue weighted by Crippen LogP contribution is -2.01. The van der Waals surface area contributed by atoms with E-state index in [0.29, 0.717) is 11.5 Å². The van der Waals surface area contributed by atoms with E-state index in [-0.39, 0.29) is 18.0 Å². The second-order valence-electron chi connectivity index (χ2n) is 4.15. The van der Waals surface area contributed by atoms with E-state index in [1.807, 2.05) is 0 Å². The second-order valence-corrected chi connectivity index (χ2v) is 5.06. The second kappa shape index (κ2) is 6.55. The molecule has 7 heteroatoms. The third-order valence-electron chi connectivity index (χ3n) is 2.83. The maximum absolute atomic E-state index is 11.1. The maximum Gasteiger partial charge on any atom is 0.311 e. The zero-order valence-corrected chi connectivity index (χ0v) is 12.8. The van der Waals surface area contributed by atoms with Crippen LogP contribution in [0.4, 0.5) is 5.69 Å². The van der Waals surface area contributed by atoms with E-state index in [1.165, 1.54) is 25.3 Å². The molecule has 0 fully saturated rings. The van der Waals surface area contributed by atoms with E-state index in [9.17, 15) is 10.1 Å². The SMILES string of the molecule is COc1ccc([N+](=O)[O-])c(Oc2ccc(Br)cc2CN)c1. The van der Waals surface area contributed by atoms with Crippen molar-refractivity contribution in [2.24, 2.45) is 5.73 Å². The van der Waals surface area contributed by atoms with Gasteiger partial charge in [-0.25, -0.2) is 0 Å². The molecule has 2 aromatic rings. The first-order valence-corrected chi connectivity index (χ1v) is 6.83. The highest BCUT2D eigenvalue weighted by atomic mass is 79.9. The molecular weight excluding hydrogens is 340 g/mol. The predicted molar refractivity (Wildman–Crippen MR) is 81.8 cm³/mol. The van der Waals surface area contributed by atoms with Crippen LogP contribution in [-0.4, -0.2) is 12.0 Å². The lowest BCUT2D eigenvalue weighted by atomic mass is 10.2. The normalized spacial score (nSPS) is 10.2. The van der Waals surface area contributed by atoms with Crippen LogP contribution in [0.5, 0.6) is 17.2 Å². The summed E-state index contributed by atoms with van der Waals surface area (Å²) in [6.45, 7) is 0.256. The van der Waals surface area contributed by atoms with Crippen molar-refractivity contribution in [3.63, 3.8) is 0 Å². The van der Waals surface area contributed by atoms with E-state index in [4.69, 9.17) is 15.2 Å². The van der Waals surface area contributed by atoms with Gasteiger partial charge in [0.2, 0.25) is 5.75 Å². The van der Waals surface area contributed by atoms with Crippen molar-refractivity contribution in [1.82, 2.24) is 0 Å². The van der Waals surface area contributed by atoms with Gasteiger partial charge in [0, 0.05) is 28.7 Å². The Kier molecular flexibility index (Phi) is 4.77. The van der Waals surface area contributed by atoms with Crippen molar-refractivity contribution in [3.8, 4) is 17.2 Å². The summed E-state index contributed by atoms with van der Waals surface area (Å²) in [6.07, 6.45) is 0. The monoisotopic (exact) mass is 352 g/mol. The van der Waals surface area contributed by atoms with Crippen LogP contribution in [0.15, 0.2) is 40.9 Å². The molecule has 0 aromatic heterocycles. The van der Waals surface area contributed by atoms with E-state index < -0.39 is 4.92 Å². The number of hydrogen-bond donors (Lipinski definition) is 1. The molecule has 0 heterocycles. The van der Waals surface area contributed by atoms with Gasteiger partial charge in [0.25, 0.3) is 0 Å². The van der Waals surface area contributed by atoms with Crippen LogP contribution >= 0.6 is 15.9 Å². The summed E-state index contributed by atoms with van der Waals surface area (Å²) >= 11 is 3.34. The average molecular weight is 353 g/mol. The molecule has 0 unspecified atom stereocenters. The van der Waals surface area contributed by atoms with Gasteiger partial charge in [0.1, 0.15) is 11.5 Å². The Morgan fingerprint density at radius 3 is 2.62 bits per heavy atom. The summed E-state index contributed by atoms with van der Waals surface area (Å²) in [7, 11) is 1.48. The molecule has 6 nitrogen and oxygen atoms in total. The molecule has 0 amide bonds. The average Bonchev–Trinajstić information content (AvgIpc) is 2.48. The zero-order chi connectivity index (χ0) is 15.4. The quantitative estimate of drug-likeness (QED) is 0.655. The van der Waals surface area contributed by atoms with E-state index in [0.717, 1.165) is 10.0 Å². The molecule has 0 bridgehead atoms. The first kappa shape index (κ1) is 15.3. The van der Waals surface area contributed by atoms with Crippen LogP contribution in [0.3, 0.4) is 0 Å². The molecular formula is C14H13BrN2O4. The summed E-state index contributed by atoms with van der Waals surface area (Å²) < 4.78 is 11.6. The molecule has 2 aromatic carbocycles. The molecule has 0 radical (unpaired) electrons. The predicted octanol–water partition coefficient (Wildman–Crippen LogP) is 3.62. The van der Waals surface area contributed by atoms with Crippen molar-refractivity contribution in [2.75, 3.05) is 7.11 Å². The summed E-state index contributed by atoms with van der Waals surface area (Å²) in [4.78, 5) is 10.6. The van der Waals surface area contributed by atoms with Gasteiger partial charge in [0.05, 0.1) is 12.0 Å². The highest BCUT2D eigenvalue weighted by Gasteiger charge is 2.18. The maximum atomic E-state index is 11.1. The number of nitrogens with zero attached hydrogens (tertiary/aromatic N) is 1. The number of ether oxygens (including phenoxy) is 2. The first-order valence-electron chi connectivity index (χ1n) is 6.04. The van der Waals surface area contributed by atoms with Gasteiger partial charge in [-0.2, -0.15) is 0 Å². The Bertz CT molecular complexity index is 676. The standard InChI is InChI=1S/C14H13BrN2O4/c1-20-11-3-4-12(17(18)19)14(7-11)21-13-5-2-10(15)6-9(13)8-16/h2-7H,8,16H2,1H3. The molecule has 0 saturated heterocycles. The Morgan fingerprint density at radius 2 is 2.00 bits per heavy atom. The third-order valence-corrected chi connectivity index (χ3v) is 3.32. The largest absolute Gasteiger partial charge is 0.497 e. The Hall–Kier alpha value is -2.12. The van der Waals surface area contributed by atoms with Crippen molar-refractivity contribution in [1.29, 1.82) is 0 Å². The van der Waals surface area contributed by atoms with Crippen LogP contribution < -0.4 is 15.2 Å². The van der Waals surface area contributed by atoms with Crippen molar-refractivity contribution in [3.05, 3.63) is 56.5 Å². The Morgan fingerprint density at radius 1 is 1.24 bits per heavy atom. The van der Waals surface area contributed by atoms with Crippen molar-refractivity contribution >= 4 is 21.6 Å². The first-order chi connectivity index (χ1) is 10.0. The molecule has 0 aliphatic carbocycles. The molecule has 110 valence electrons. The van der Waals surface area contributed by atoms with Crippen LogP contribution in [-0.2, 0) is 6.54 Å². The van der Waals surface area contributed by atoms with Crippen LogP contribution in [0.2, 0.25) is 0 Å². The minimum Gasteiger partial charge on any atom is -0.497 e. The molecule has 0 atom stereocenters. The summed E-state index contributed by atoms with van der Waals surface area (Å²) in [6, 6.07) is 9.61. The van der Waals surface area contributed by atoms with Gasteiger partial charge < -0.3 is 15.2 Å². The van der Waals surface area contributed by atoms with E-state index >= 15 is 0 Å². The molecule has 0 aliphatic heterocycles. The molecule has 2 rings (SSSR count). The molecule has 0 aliphatic rings. The van der Waals surface area contributed by atoms with E-state index in [2.05, 4.69) is 15.9 Å². The molecule has 0 spiro atoms. The fraction of sp³-hybridized carbons (Fsp3) is 0.143. The number of nitrogens with two attached hydrogens (primary N) is 1. The van der Waals surface area contributed by atoms with E-state index in [1.54, 1.807) is 18.2 Å². The van der Waals surface area contributed by atoms with Crippen LogP contribution in [0.25, 0.3) is 0 Å². The van der Waals surface area contributed by atoms with Crippen molar-refractivity contribution < 1.29 is 14.4 Å². The fourth-order valence-corrected chi connectivity index (χ4v) is 2.19. The summed E-state index contributed by atoms with van der Waals surface area (Å²) in [5, 5.41) is 11.1. The lowest BCUT2D eigenvalue weighted by molar-refractivity contribution is -0.385. The highest BCUT2D eigenvalue weighted by molar-refractivity contribution is 9.10. The smallest absolute Gasteiger partial charge is 0.311 e. The molecule has 2 N–H and O–H groups in total. The number of methoxy groups -OCH3 is 1. The summed E-state index contributed by atoms with van der Waals surface area (Å²) in [5.41, 5.74) is 6.27. The van der Waals surface area contributed by atoms with Gasteiger partial charge in [-0.1, -0.05) is 15.9 Å². The number of nitro groups is 1. The van der Waals surface area contributed by atoms with Gasteiger partial charge in [-0.15, -0.1) is 0 Å². The lowest BCUT2D eigenvalue weighted by Gasteiger charge is -2.11. The highest BCUT2D eigenvalue weighted by Crippen LogP contribution is 2.36. The zero-order valence-electron chi connectivity index (χ0n) is 11.2. The number of nitro benzene ring substituents is 1. The minimum atomic E-state index is -0.504. The fourth-order valence-electron chi connectivity index (χ4n) is 1.78. The Labute approximate surface area is 129 Å². The van der Waals surface area contributed by atoms with Gasteiger partial charge in [-0.3, -0.25) is 10.1 Å². The van der Waals surface area contributed by atoms with Gasteiger partial charge in [-0.05, 0) is 24.3 Å². The van der Waals surface area contributed by atoms with Crippen LogP contribution in [0.1, 0.15) is 5.56 Å².